The van der Waals surface area contributed by atoms with Gasteiger partial charge in [0.05, 0.1) is 77.3 Å². The second-order valence-corrected chi connectivity index (χ2v) is 7.02. The lowest BCUT2D eigenvalue weighted by molar-refractivity contribution is -0.0928. The molecule has 0 spiro atoms. The van der Waals surface area contributed by atoms with E-state index in [0.717, 1.165) is 13.2 Å². The molecule has 0 bridgehead atoms. The van der Waals surface area contributed by atoms with Crippen LogP contribution in [0.15, 0.2) is 0 Å². The average molecular weight is 362 g/mol. The van der Waals surface area contributed by atoms with Gasteiger partial charge in [-0.15, -0.1) is 0 Å². The van der Waals surface area contributed by atoms with Crippen molar-refractivity contribution in [2.24, 2.45) is 0 Å². The molecule has 0 N–H and O–H groups in total. The molecule has 2 rings (SSSR count). The summed E-state index contributed by atoms with van der Waals surface area (Å²) in [4.78, 5) is 0. The van der Waals surface area contributed by atoms with E-state index in [1.807, 2.05) is 27.7 Å². The highest BCUT2D eigenvalue weighted by molar-refractivity contribution is 4.68. The van der Waals surface area contributed by atoms with E-state index in [0.29, 0.717) is 51.8 Å². The van der Waals surface area contributed by atoms with Crippen molar-refractivity contribution in [1.82, 2.24) is 0 Å². The van der Waals surface area contributed by atoms with E-state index in [9.17, 15) is 0 Å². The molecule has 6 atom stereocenters. The number of rotatable bonds is 16. The molecule has 148 valence electrons. The van der Waals surface area contributed by atoms with Crippen molar-refractivity contribution in [2.75, 3.05) is 52.9 Å². The maximum absolute atomic E-state index is 5.78. The second kappa shape index (κ2) is 11.4. The van der Waals surface area contributed by atoms with E-state index < -0.39 is 0 Å². The van der Waals surface area contributed by atoms with Gasteiger partial charge in [-0.2, -0.15) is 0 Å². The molecule has 7 heteroatoms. The van der Waals surface area contributed by atoms with E-state index in [4.69, 9.17) is 33.2 Å². The zero-order valence-electron chi connectivity index (χ0n) is 16.0. The summed E-state index contributed by atoms with van der Waals surface area (Å²) >= 11 is 0. The Morgan fingerprint density at radius 3 is 1.52 bits per heavy atom. The Balaban J connectivity index is 1.40. The van der Waals surface area contributed by atoms with Crippen LogP contribution in [0.2, 0.25) is 0 Å². The average Bonchev–Trinajstić information content (AvgIpc) is 3.48. The van der Waals surface area contributed by atoms with E-state index >= 15 is 0 Å². The fourth-order valence-corrected chi connectivity index (χ4v) is 2.06. The Morgan fingerprint density at radius 2 is 1.04 bits per heavy atom. The summed E-state index contributed by atoms with van der Waals surface area (Å²) in [6, 6.07) is 0. The van der Waals surface area contributed by atoms with Crippen LogP contribution in [0.25, 0.3) is 0 Å². The largest absolute Gasteiger partial charge is 0.376 e. The van der Waals surface area contributed by atoms with E-state index in [1.165, 1.54) is 0 Å². The monoisotopic (exact) mass is 362 g/mol. The smallest absolute Gasteiger partial charge is 0.104 e. The van der Waals surface area contributed by atoms with Gasteiger partial charge < -0.3 is 33.2 Å². The quantitative estimate of drug-likeness (QED) is 0.385. The van der Waals surface area contributed by atoms with E-state index in [2.05, 4.69) is 0 Å². The van der Waals surface area contributed by atoms with Gasteiger partial charge in [-0.05, 0) is 27.7 Å². The predicted octanol–water partition coefficient (Wildman–Crippen LogP) is 1.42. The third-order valence-corrected chi connectivity index (χ3v) is 3.87. The minimum atomic E-state index is 0.0148. The van der Waals surface area contributed by atoms with Crippen molar-refractivity contribution in [2.45, 2.75) is 64.3 Å². The van der Waals surface area contributed by atoms with Crippen LogP contribution in [-0.4, -0.2) is 89.5 Å². The highest BCUT2D eigenvalue weighted by Gasteiger charge is 2.24. The van der Waals surface area contributed by atoms with Crippen molar-refractivity contribution < 1.29 is 33.2 Å². The zero-order chi connectivity index (χ0) is 18.1. The lowest BCUT2D eigenvalue weighted by Crippen LogP contribution is -2.28. The highest BCUT2D eigenvalue weighted by Crippen LogP contribution is 2.11. The summed E-state index contributed by atoms with van der Waals surface area (Å²) in [5, 5.41) is 0. The van der Waals surface area contributed by atoms with Gasteiger partial charge in [0.2, 0.25) is 0 Å². The van der Waals surface area contributed by atoms with Crippen LogP contribution in [0.5, 0.6) is 0 Å². The molecule has 0 aromatic carbocycles. The van der Waals surface area contributed by atoms with Gasteiger partial charge in [0.25, 0.3) is 0 Å². The first-order chi connectivity index (χ1) is 12.0. The molecule has 2 saturated heterocycles. The van der Waals surface area contributed by atoms with Crippen LogP contribution >= 0.6 is 0 Å². The van der Waals surface area contributed by atoms with Crippen LogP contribution < -0.4 is 0 Å². The van der Waals surface area contributed by atoms with Crippen molar-refractivity contribution in [3.63, 3.8) is 0 Å². The maximum Gasteiger partial charge on any atom is 0.104 e. The zero-order valence-corrected chi connectivity index (χ0v) is 16.0. The lowest BCUT2D eigenvalue weighted by atomic mass is 10.3. The van der Waals surface area contributed by atoms with Gasteiger partial charge in [-0.1, -0.05) is 0 Å². The van der Waals surface area contributed by atoms with Gasteiger partial charge in [0.1, 0.15) is 12.2 Å². The molecule has 2 aliphatic heterocycles. The van der Waals surface area contributed by atoms with Gasteiger partial charge >= 0.3 is 0 Å². The topological polar surface area (TPSA) is 71.2 Å². The molecular formula is C18H34O7. The number of hydrogen-bond acceptors (Lipinski definition) is 7. The SMILES string of the molecule is CC(COCC1CO1)OCC(C)OCC(C)OCC(C)OCC1CO1. The second-order valence-electron chi connectivity index (χ2n) is 7.02. The van der Waals surface area contributed by atoms with Crippen LogP contribution in [0.4, 0.5) is 0 Å². The minimum absolute atomic E-state index is 0.0148. The van der Waals surface area contributed by atoms with Crippen LogP contribution in [0, 0.1) is 0 Å². The Morgan fingerprint density at radius 1 is 0.640 bits per heavy atom. The summed E-state index contributed by atoms with van der Waals surface area (Å²) in [5.41, 5.74) is 0. The summed E-state index contributed by atoms with van der Waals surface area (Å²) in [7, 11) is 0. The number of hydrogen-bond donors (Lipinski definition) is 0. The van der Waals surface area contributed by atoms with Crippen LogP contribution in [0.1, 0.15) is 27.7 Å². The summed E-state index contributed by atoms with van der Waals surface area (Å²) in [6.07, 6.45) is 0.733. The first kappa shape index (κ1) is 21.0. The molecule has 7 nitrogen and oxygen atoms in total. The summed E-state index contributed by atoms with van der Waals surface area (Å²) in [6.45, 7) is 13.2. The number of epoxide rings is 2. The van der Waals surface area contributed by atoms with Gasteiger partial charge in [0.15, 0.2) is 0 Å². The third kappa shape index (κ3) is 11.1. The van der Waals surface area contributed by atoms with Crippen molar-refractivity contribution >= 4 is 0 Å². The molecule has 2 heterocycles. The molecule has 0 aliphatic carbocycles. The van der Waals surface area contributed by atoms with Crippen LogP contribution in [0.3, 0.4) is 0 Å². The van der Waals surface area contributed by atoms with Crippen molar-refractivity contribution in [3.8, 4) is 0 Å². The highest BCUT2D eigenvalue weighted by atomic mass is 16.6. The molecule has 2 fully saturated rings. The molecule has 0 radical (unpaired) electrons. The Kier molecular flexibility index (Phi) is 9.62. The minimum Gasteiger partial charge on any atom is -0.376 e. The van der Waals surface area contributed by atoms with Crippen LogP contribution in [-0.2, 0) is 33.2 Å². The van der Waals surface area contributed by atoms with E-state index in [1.54, 1.807) is 0 Å². The Labute approximate surface area is 151 Å². The van der Waals surface area contributed by atoms with E-state index in [-0.39, 0.29) is 24.4 Å². The molecule has 0 aromatic rings. The fourth-order valence-electron chi connectivity index (χ4n) is 2.06. The third-order valence-electron chi connectivity index (χ3n) is 3.87. The van der Waals surface area contributed by atoms with Crippen molar-refractivity contribution in [3.05, 3.63) is 0 Å². The van der Waals surface area contributed by atoms with Gasteiger partial charge in [0, 0.05) is 0 Å². The lowest BCUT2D eigenvalue weighted by Gasteiger charge is -2.21. The first-order valence-electron chi connectivity index (χ1n) is 9.30. The molecule has 0 aromatic heterocycles. The Bertz CT molecular complexity index is 346. The number of ether oxygens (including phenoxy) is 7. The standard InChI is InChI=1S/C18H34O7/c1-13(5-19-9-17-11-24-17)20-6-14(2)21-7-15(3)22-8-16(4)23-10-18-12-25-18/h13-18H,5-12H2,1-4H3. The van der Waals surface area contributed by atoms with Gasteiger partial charge in [-0.25, -0.2) is 0 Å². The van der Waals surface area contributed by atoms with Gasteiger partial charge in [-0.3, -0.25) is 0 Å². The molecule has 25 heavy (non-hydrogen) atoms. The molecule has 0 amide bonds. The maximum atomic E-state index is 5.78. The molecule has 2 aliphatic rings. The normalized spacial score (nSPS) is 26.9. The molecular weight excluding hydrogens is 328 g/mol. The fraction of sp³-hybridized carbons (Fsp3) is 1.00. The first-order valence-corrected chi connectivity index (χ1v) is 9.30. The van der Waals surface area contributed by atoms with Crippen molar-refractivity contribution in [1.29, 1.82) is 0 Å². The molecule has 6 unspecified atom stereocenters. The summed E-state index contributed by atoms with van der Waals surface area (Å²) < 4.78 is 38.6. The summed E-state index contributed by atoms with van der Waals surface area (Å²) in [5.74, 6) is 0. The predicted molar refractivity (Wildman–Crippen MR) is 92.0 cm³/mol. The molecule has 0 saturated carbocycles. The Hall–Kier alpha value is -0.280.